The molecule has 0 aliphatic rings. The van der Waals surface area contributed by atoms with Crippen LogP contribution in [-0.4, -0.2) is 29.5 Å². The highest BCUT2D eigenvalue weighted by molar-refractivity contribution is 9.10. The first-order valence-corrected chi connectivity index (χ1v) is 9.34. The van der Waals surface area contributed by atoms with Gasteiger partial charge in [0, 0.05) is 5.02 Å². The summed E-state index contributed by atoms with van der Waals surface area (Å²) in [6.07, 6.45) is 1.49. The average Bonchev–Trinajstić information content (AvgIpc) is 3.14. The van der Waals surface area contributed by atoms with Crippen LogP contribution in [-0.2, 0) is 6.61 Å². The molecule has 11 heteroatoms. The van der Waals surface area contributed by atoms with Gasteiger partial charge in [0.2, 0.25) is 0 Å². The van der Waals surface area contributed by atoms with E-state index in [2.05, 4.69) is 41.1 Å². The number of hydrogen-bond donors (Lipinski definition) is 2. The van der Waals surface area contributed by atoms with Crippen LogP contribution in [0.15, 0.2) is 55.7 Å². The van der Waals surface area contributed by atoms with Crippen LogP contribution in [0.5, 0.6) is 11.5 Å². The van der Waals surface area contributed by atoms with Gasteiger partial charge in [-0.25, -0.2) is 4.63 Å². The summed E-state index contributed by atoms with van der Waals surface area (Å²) in [4.78, 5) is 0. The van der Waals surface area contributed by atoms with Crippen LogP contribution in [0.4, 0.5) is 5.82 Å². The van der Waals surface area contributed by atoms with E-state index in [1.807, 2.05) is 12.1 Å². The Kier molecular flexibility index (Phi) is 6.68. The van der Waals surface area contributed by atoms with E-state index in [4.69, 9.17) is 32.5 Å². The standard InChI is InChI=1S/C18H16BrClN6O3/c1-27-14-7-11(8-23-24-17(21)15-18(22)26-29-25-15)6-13(19)16(14)28-9-10-2-4-12(20)5-3-10/h2-8H,9H2,1H3,(H2,21,24)(H2,22,26)/b23-8+. The fourth-order valence-corrected chi connectivity index (χ4v) is 2.97. The lowest BCUT2D eigenvalue weighted by Crippen LogP contribution is -2.15. The summed E-state index contributed by atoms with van der Waals surface area (Å²) in [5.74, 6) is 1.10. The molecule has 1 heterocycles. The Balaban J connectivity index is 1.75. The first-order valence-electron chi connectivity index (χ1n) is 8.17. The summed E-state index contributed by atoms with van der Waals surface area (Å²) in [5.41, 5.74) is 13.1. The Hall–Kier alpha value is -3.11. The minimum atomic E-state index is -0.0195. The molecule has 0 atom stereocenters. The highest BCUT2D eigenvalue weighted by Crippen LogP contribution is 2.37. The number of rotatable bonds is 7. The van der Waals surface area contributed by atoms with Gasteiger partial charge in [0.15, 0.2) is 28.8 Å². The van der Waals surface area contributed by atoms with Gasteiger partial charge in [-0.15, -0.1) is 5.10 Å². The number of benzene rings is 2. The Morgan fingerprint density at radius 3 is 2.69 bits per heavy atom. The predicted molar refractivity (Wildman–Crippen MR) is 114 cm³/mol. The van der Waals surface area contributed by atoms with Crippen LogP contribution < -0.4 is 20.9 Å². The Bertz CT molecular complexity index is 1050. The summed E-state index contributed by atoms with van der Waals surface area (Å²) in [6, 6.07) is 11.0. The van der Waals surface area contributed by atoms with E-state index >= 15 is 0 Å². The van der Waals surface area contributed by atoms with E-state index in [1.54, 1.807) is 31.4 Å². The smallest absolute Gasteiger partial charge is 0.199 e. The van der Waals surface area contributed by atoms with Crippen molar-refractivity contribution in [2.45, 2.75) is 6.61 Å². The quantitative estimate of drug-likeness (QED) is 0.301. The van der Waals surface area contributed by atoms with E-state index in [0.717, 1.165) is 5.56 Å². The molecule has 0 saturated heterocycles. The SMILES string of the molecule is COc1cc(/C=N/N=C(/N)c2nonc2N)cc(Br)c1OCc1ccc(Cl)cc1. The number of nitrogens with zero attached hydrogens (tertiary/aromatic N) is 4. The summed E-state index contributed by atoms with van der Waals surface area (Å²) in [7, 11) is 1.55. The molecule has 0 amide bonds. The van der Waals surface area contributed by atoms with E-state index in [0.29, 0.717) is 33.2 Å². The van der Waals surface area contributed by atoms with Gasteiger partial charge in [-0.3, -0.25) is 0 Å². The van der Waals surface area contributed by atoms with Crippen LogP contribution in [0.3, 0.4) is 0 Å². The lowest BCUT2D eigenvalue weighted by Gasteiger charge is -2.13. The van der Waals surface area contributed by atoms with E-state index in [-0.39, 0.29) is 17.3 Å². The molecule has 0 radical (unpaired) electrons. The van der Waals surface area contributed by atoms with Crippen LogP contribution in [0.25, 0.3) is 0 Å². The fraction of sp³-hybridized carbons (Fsp3) is 0.111. The van der Waals surface area contributed by atoms with Crippen LogP contribution >= 0.6 is 27.5 Å². The van der Waals surface area contributed by atoms with Crippen molar-refractivity contribution in [1.82, 2.24) is 10.3 Å². The van der Waals surface area contributed by atoms with Crippen LogP contribution in [0, 0.1) is 0 Å². The maximum Gasteiger partial charge on any atom is 0.199 e. The van der Waals surface area contributed by atoms with Crippen molar-refractivity contribution in [1.29, 1.82) is 0 Å². The number of halogens is 2. The molecule has 0 aliphatic heterocycles. The van der Waals surface area contributed by atoms with Gasteiger partial charge in [0.1, 0.15) is 6.61 Å². The molecule has 0 fully saturated rings. The third kappa shape index (κ3) is 5.24. The van der Waals surface area contributed by atoms with Crippen LogP contribution in [0.1, 0.15) is 16.8 Å². The second kappa shape index (κ2) is 9.39. The first-order chi connectivity index (χ1) is 14.0. The fourth-order valence-electron chi connectivity index (χ4n) is 2.27. The Morgan fingerprint density at radius 2 is 2.03 bits per heavy atom. The molecule has 0 bridgehead atoms. The number of amidine groups is 1. The summed E-state index contributed by atoms with van der Waals surface area (Å²) in [6.45, 7) is 0.355. The maximum atomic E-state index is 5.90. The first kappa shape index (κ1) is 20.6. The number of nitrogens with two attached hydrogens (primary N) is 2. The summed E-state index contributed by atoms with van der Waals surface area (Å²) < 4.78 is 16.5. The molecular weight excluding hydrogens is 464 g/mol. The van der Waals surface area contributed by atoms with Gasteiger partial charge in [-0.1, -0.05) is 23.7 Å². The van der Waals surface area contributed by atoms with E-state index in [9.17, 15) is 0 Å². The molecule has 150 valence electrons. The lowest BCUT2D eigenvalue weighted by molar-refractivity contribution is 0.282. The molecule has 3 rings (SSSR count). The van der Waals surface area contributed by atoms with Crippen molar-refractivity contribution in [3.8, 4) is 11.5 Å². The third-order valence-electron chi connectivity index (χ3n) is 3.68. The summed E-state index contributed by atoms with van der Waals surface area (Å²) >= 11 is 9.39. The second-order valence-corrected chi connectivity index (χ2v) is 6.97. The van der Waals surface area contributed by atoms with E-state index in [1.165, 1.54) is 6.21 Å². The zero-order chi connectivity index (χ0) is 20.8. The van der Waals surface area contributed by atoms with Crippen molar-refractivity contribution in [2.24, 2.45) is 15.9 Å². The van der Waals surface area contributed by atoms with Crippen molar-refractivity contribution in [2.75, 3.05) is 12.8 Å². The minimum absolute atomic E-state index is 0.0195. The van der Waals surface area contributed by atoms with Crippen molar-refractivity contribution < 1.29 is 14.1 Å². The highest BCUT2D eigenvalue weighted by atomic mass is 79.9. The molecule has 0 unspecified atom stereocenters. The normalized spacial score (nSPS) is 11.8. The molecule has 2 aromatic carbocycles. The number of hydrogen-bond acceptors (Lipinski definition) is 8. The van der Waals surface area contributed by atoms with Gasteiger partial charge < -0.3 is 20.9 Å². The highest BCUT2D eigenvalue weighted by Gasteiger charge is 2.12. The molecule has 4 N–H and O–H groups in total. The largest absolute Gasteiger partial charge is 0.493 e. The van der Waals surface area contributed by atoms with Crippen molar-refractivity contribution >= 4 is 45.4 Å². The molecule has 1 aromatic heterocycles. The zero-order valence-corrected chi connectivity index (χ0v) is 17.5. The number of aromatic nitrogens is 2. The van der Waals surface area contributed by atoms with Gasteiger partial charge >= 0.3 is 0 Å². The van der Waals surface area contributed by atoms with Crippen LogP contribution in [0.2, 0.25) is 5.02 Å². The zero-order valence-electron chi connectivity index (χ0n) is 15.2. The minimum Gasteiger partial charge on any atom is -0.493 e. The molecule has 29 heavy (non-hydrogen) atoms. The van der Waals surface area contributed by atoms with Gasteiger partial charge in [0.05, 0.1) is 17.8 Å². The average molecular weight is 480 g/mol. The Morgan fingerprint density at radius 1 is 1.28 bits per heavy atom. The summed E-state index contributed by atoms with van der Waals surface area (Å²) in [5, 5.41) is 15.4. The number of ether oxygens (including phenoxy) is 2. The topological polar surface area (TPSA) is 134 Å². The lowest BCUT2D eigenvalue weighted by atomic mass is 10.2. The van der Waals surface area contributed by atoms with Gasteiger partial charge in [-0.05, 0) is 61.6 Å². The Labute approximate surface area is 179 Å². The third-order valence-corrected chi connectivity index (χ3v) is 4.52. The van der Waals surface area contributed by atoms with E-state index < -0.39 is 0 Å². The molecular formula is C18H16BrClN6O3. The molecule has 0 saturated carbocycles. The monoisotopic (exact) mass is 478 g/mol. The number of anilines is 1. The molecule has 3 aromatic rings. The molecule has 0 aliphatic carbocycles. The van der Waals surface area contributed by atoms with Crippen molar-refractivity contribution in [3.05, 3.63) is 62.7 Å². The van der Waals surface area contributed by atoms with Crippen molar-refractivity contribution in [3.63, 3.8) is 0 Å². The predicted octanol–water partition coefficient (Wildman–Crippen LogP) is 3.39. The van der Waals surface area contributed by atoms with Gasteiger partial charge in [0.25, 0.3) is 0 Å². The van der Waals surface area contributed by atoms with Gasteiger partial charge in [-0.2, -0.15) is 5.10 Å². The molecule has 9 nitrogen and oxygen atoms in total. The number of nitrogen functional groups attached to an aromatic ring is 1. The molecule has 0 spiro atoms. The maximum absolute atomic E-state index is 5.90. The number of methoxy groups -OCH3 is 1. The second-order valence-electron chi connectivity index (χ2n) is 5.68.